The van der Waals surface area contributed by atoms with E-state index in [0.29, 0.717) is 6.07 Å². The number of alkyl halides is 3. The van der Waals surface area contributed by atoms with Crippen LogP contribution < -0.4 is 11.5 Å². The van der Waals surface area contributed by atoms with Gasteiger partial charge in [0.2, 0.25) is 0 Å². The van der Waals surface area contributed by atoms with Crippen LogP contribution in [0.2, 0.25) is 0 Å². The Bertz CT molecular complexity index is 413. The van der Waals surface area contributed by atoms with Crippen LogP contribution in [0.25, 0.3) is 0 Å². The minimum atomic E-state index is -4.56. The maximum absolute atomic E-state index is 13.2. The van der Waals surface area contributed by atoms with Gasteiger partial charge in [0.05, 0.1) is 12.1 Å². The Morgan fingerprint density at radius 3 is 2.24 bits per heavy atom. The summed E-state index contributed by atoms with van der Waals surface area (Å²) in [6.07, 6.45) is -4.56. The molecule has 0 unspecified atom stereocenters. The lowest BCUT2D eigenvalue weighted by Crippen LogP contribution is -2.22. The van der Waals surface area contributed by atoms with Crippen LogP contribution in [0.3, 0.4) is 0 Å². The molecule has 3 nitrogen and oxygen atoms in total. The number of guanidine groups is 1. The van der Waals surface area contributed by atoms with Gasteiger partial charge in [-0.3, -0.25) is 0 Å². The Morgan fingerprint density at radius 2 is 1.82 bits per heavy atom. The summed E-state index contributed by atoms with van der Waals surface area (Å²) in [5.74, 6) is -1.24. The topological polar surface area (TPSA) is 64.4 Å². The van der Waals surface area contributed by atoms with Crippen molar-refractivity contribution >= 4 is 18.4 Å². The summed E-state index contributed by atoms with van der Waals surface area (Å²) in [5, 5.41) is 0. The van der Waals surface area contributed by atoms with Crippen LogP contribution in [0.1, 0.15) is 11.1 Å². The first kappa shape index (κ1) is 15.5. The smallest absolute Gasteiger partial charge is 0.370 e. The van der Waals surface area contributed by atoms with E-state index >= 15 is 0 Å². The molecule has 0 aliphatic rings. The van der Waals surface area contributed by atoms with Crippen LogP contribution in [0, 0.1) is 5.82 Å². The maximum atomic E-state index is 13.2. The first-order valence-corrected chi connectivity index (χ1v) is 4.21. The molecule has 17 heavy (non-hydrogen) atoms. The normalized spacial score (nSPS) is 10.6. The van der Waals surface area contributed by atoms with E-state index in [1.807, 2.05) is 0 Å². The molecule has 0 saturated carbocycles. The van der Waals surface area contributed by atoms with Crippen LogP contribution >= 0.6 is 12.4 Å². The molecule has 0 aromatic heterocycles. The van der Waals surface area contributed by atoms with Gasteiger partial charge in [-0.05, 0) is 12.1 Å². The van der Waals surface area contributed by atoms with Gasteiger partial charge in [-0.2, -0.15) is 13.2 Å². The number of nitrogens with two attached hydrogens (primary N) is 2. The van der Waals surface area contributed by atoms with Crippen LogP contribution in [0.15, 0.2) is 23.2 Å². The fourth-order valence-corrected chi connectivity index (χ4v) is 1.03. The molecule has 1 rings (SSSR count). The number of aliphatic imine (C=N–C) groups is 1. The molecule has 0 fully saturated rings. The molecule has 0 saturated heterocycles. The van der Waals surface area contributed by atoms with Crippen molar-refractivity contribution in [1.29, 1.82) is 0 Å². The second-order valence-corrected chi connectivity index (χ2v) is 3.05. The van der Waals surface area contributed by atoms with Gasteiger partial charge < -0.3 is 11.5 Å². The molecule has 1 aromatic rings. The largest absolute Gasteiger partial charge is 0.416 e. The van der Waals surface area contributed by atoms with E-state index in [1.54, 1.807) is 0 Å². The Kier molecular flexibility index (Phi) is 5.21. The van der Waals surface area contributed by atoms with Gasteiger partial charge in [-0.1, -0.05) is 6.07 Å². The van der Waals surface area contributed by atoms with Crippen molar-refractivity contribution in [2.45, 2.75) is 12.7 Å². The number of halogens is 5. The molecule has 0 amide bonds. The molecule has 0 aliphatic carbocycles. The van der Waals surface area contributed by atoms with Gasteiger partial charge in [0.25, 0.3) is 0 Å². The van der Waals surface area contributed by atoms with Crippen molar-refractivity contribution in [3.8, 4) is 0 Å². The van der Waals surface area contributed by atoms with Crippen molar-refractivity contribution < 1.29 is 17.6 Å². The van der Waals surface area contributed by atoms with Crippen LogP contribution in [0.5, 0.6) is 0 Å². The highest BCUT2D eigenvalue weighted by Gasteiger charge is 2.31. The molecule has 0 spiro atoms. The van der Waals surface area contributed by atoms with E-state index in [4.69, 9.17) is 11.5 Å². The highest BCUT2D eigenvalue weighted by Crippen LogP contribution is 2.30. The maximum Gasteiger partial charge on any atom is 0.416 e. The van der Waals surface area contributed by atoms with Gasteiger partial charge >= 0.3 is 6.18 Å². The van der Waals surface area contributed by atoms with Gasteiger partial charge in [-0.15, -0.1) is 12.4 Å². The van der Waals surface area contributed by atoms with E-state index in [9.17, 15) is 17.6 Å². The van der Waals surface area contributed by atoms with Gasteiger partial charge in [0.15, 0.2) is 5.96 Å². The van der Waals surface area contributed by atoms with E-state index in [0.717, 1.165) is 12.1 Å². The Hall–Kier alpha value is -1.50. The number of hydrogen-bond donors (Lipinski definition) is 2. The van der Waals surface area contributed by atoms with E-state index in [2.05, 4.69) is 4.99 Å². The number of rotatable bonds is 2. The molecular weight excluding hydrogens is 262 g/mol. The molecule has 0 bridgehead atoms. The third-order valence-electron chi connectivity index (χ3n) is 1.81. The first-order chi connectivity index (χ1) is 7.30. The highest BCUT2D eigenvalue weighted by atomic mass is 35.5. The summed E-state index contributed by atoms with van der Waals surface area (Å²) in [6.45, 7) is -0.188. The van der Waals surface area contributed by atoms with Crippen LogP contribution in [-0.2, 0) is 12.7 Å². The van der Waals surface area contributed by atoms with Crippen LogP contribution in [-0.4, -0.2) is 5.96 Å². The minimum Gasteiger partial charge on any atom is -0.370 e. The molecule has 4 N–H and O–H groups in total. The Labute approximate surface area is 101 Å². The standard InChI is InChI=1S/C9H9F4N3.ClH/c10-7-3-6(9(11,12)13)2-1-5(7)4-16-8(14)15;/h1-3H,4H2,(H4,14,15,16);1H. The van der Waals surface area contributed by atoms with Gasteiger partial charge in [-0.25, -0.2) is 9.38 Å². The SMILES string of the molecule is Cl.NC(N)=NCc1ccc(C(F)(F)F)cc1F. The molecule has 0 heterocycles. The summed E-state index contributed by atoms with van der Waals surface area (Å²) in [6, 6.07) is 2.20. The molecule has 8 heteroatoms. The predicted molar refractivity (Wildman–Crippen MR) is 58.2 cm³/mol. The molecule has 0 aliphatic heterocycles. The first-order valence-electron chi connectivity index (χ1n) is 4.21. The number of benzene rings is 1. The van der Waals surface area contributed by atoms with Crippen LogP contribution in [0.4, 0.5) is 17.6 Å². The summed E-state index contributed by atoms with van der Waals surface area (Å²) < 4.78 is 49.7. The molecule has 1 aromatic carbocycles. The molecular formula is C9H10ClF4N3. The zero-order chi connectivity index (χ0) is 12.3. The lowest BCUT2D eigenvalue weighted by atomic mass is 10.1. The third-order valence-corrected chi connectivity index (χ3v) is 1.81. The molecule has 96 valence electrons. The monoisotopic (exact) mass is 271 g/mol. The van der Waals surface area contributed by atoms with E-state index in [1.165, 1.54) is 0 Å². The third kappa shape index (κ3) is 4.48. The predicted octanol–water partition coefficient (Wildman–Crippen LogP) is 2.04. The summed E-state index contributed by atoms with van der Waals surface area (Å²) in [7, 11) is 0. The van der Waals surface area contributed by atoms with E-state index in [-0.39, 0.29) is 30.5 Å². The minimum absolute atomic E-state index is 0. The number of hydrogen-bond acceptors (Lipinski definition) is 1. The summed E-state index contributed by atoms with van der Waals surface area (Å²) in [5.41, 5.74) is 8.99. The second kappa shape index (κ2) is 5.72. The zero-order valence-corrected chi connectivity index (χ0v) is 9.28. The van der Waals surface area contributed by atoms with Gasteiger partial charge in [0.1, 0.15) is 5.82 Å². The van der Waals surface area contributed by atoms with Gasteiger partial charge in [0, 0.05) is 5.56 Å². The average molecular weight is 272 g/mol. The molecule has 0 atom stereocenters. The Balaban J connectivity index is 0.00000256. The van der Waals surface area contributed by atoms with Crippen molar-refractivity contribution in [2.75, 3.05) is 0 Å². The average Bonchev–Trinajstić information content (AvgIpc) is 2.14. The van der Waals surface area contributed by atoms with Crippen molar-refractivity contribution in [3.05, 3.63) is 35.1 Å². The van der Waals surface area contributed by atoms with Crippen molar-refractivity contribution in [2.24, 2.45) is 16.5 Å². The lowest BCUT2D eigenvalue weighted by Gasteiger charge is -2.07. The summed E-state index contributed by atoms with van der Waals surface area (Å²) in [4.78, 5) is 3.50. The highest BCUT2D eigenvalue weighted by molar-refractivity contribution is 5.85. The lowest BCUT2D eigenvalue weighted by molar-refractivity contribution is -0.137. The second-order valence-electron chi connectivity index (χ2n) is 3.05. The number of nitrogens with zero attached hydrogens (tertiary/aromatic N) is 1. The fourth-order valence-electron chi connectivity index (χ4n) is 1.03. The van der Waals surface area contributed by atoms with Crippen molar-refractivity contribution in [3.63, 3.8) is 0 Å². The zero-order valence-electron chi connectivity index (χ0n) is 8.46. The quantitative estimate of drug-likeness (QED) is 0.491. The molecule has 0 radical (unpaired) electrons. The Morgan fingerprint density at radius 1 is 1.24 bits per heavy atom. The summed E-state index contributed by atoms with van der Waals surface area (Å²) >= 11 is 0. The fraction of sp³-hybridized carbons (Fsp3) is 0.222. The van der Waals surface area contributed by atoms with E-state index < -0.39 is 17.6 Å². The van der Waals surface area contributed by atoms with Crippen molar-refractivity contribution in [1.82, 2.24) is 0 Å².